The van der Waals surface area contributed by atoms with Gasteiger partial charge in [0, 0.05) is 83.1 Å². The topological polar surface area (TPSA) is 79.6 Å². The number of carbonyl (C=O) groups is 1. The van der Waals surface area contributed by atoms with Crippen molar-refractivity contribution in [1.82, 2.24) is 29.5 Å². The Morgan fingerprint density at radius 1 is 1.11 bits per heavy atom. The summed E-state index contributed by atoms with van der Waals surface area (Å²) >= 11 is 0. The number of carbonyl (C=O) groups excluding carboxylic acids is 1. The van der Waals surface area contributed by atoms with Crippen LogP contribution in [0.1, 0.15) is 30.8 Å². The van der Waals surface area contributed by atoms with Gasteiger partial charge in [0.1, 0.15) is 17.3 Å². The Bertz CT molecular complexity index is 1250. The maximum Gasteiger partial charge on any atom is 0.219 e. The molecule has 10 heteroatoms. The van der Waals surface area contributed by atoms with Crippen LogP contribution in [-0.2, 0) is 31.4 Å². The lowest BCUT2D eigenvalue weighted by atomic mass is 10.1. The molecule has 2 aromatic heterocycles. The molecular weight excluding hydrogens is 461 g/mol. The second-order valence-corrected chi connectivity index (χ2v) is 9.33. The highest BCUT2D eigenvalue weighted by Gasteiger charge is 2.27. The predicted octanol–water partition coefficient (Wildman–Crippen LogP) is 2.64. The van der Waals surface area contributed by atoms with Crippen LogP contribution < -0.4 is 9.64 Å². The van der Waals surface area contributed by atoms with Gasteiger partial charge in [0.25, 0.3) is 0 Å². The summed E-state index contributed by atoms with van der Waals surface area (Å²) in [4.78, 5) is 28.3. The van der Waals surface area contributed by atoms with Crippen LogP contribution in [0.3, 0.4) is 0 Å². The number of piperazine rings is 1. The molecule has 4 heterocycles. The Hall–Kier alpha value is -3.53. The normalized spacial score (nSPS) is 16.2. The molecule has 9 nitrogen and oxygen atoms in total. The van der Waals surface area contributed by atoms with Crippen molar-refractivity contribution >= 4 is 11.7 Å². The van der Waals surface area contributed by atoms with E-state index in [1.165, 1.54) is 6.07 Å². The van der Waals surface area contributed by atoms with Gasteiger partial charge in [-0.1, -0.05) is 6.07 Å². The van der Waals surface area contributed by atoms with Crippen molar-refractivity contribution < 1.29 is 13.9 Å². The van der Waals surface area contributed by atoms with E-state index in [2.05, 4.69) is 14.9 Å². The van der Waals surface area contributed by atoms with Crippen molar-refractivity contribution in [2.24, 2.45) is 7.05 Å². The molecule has 1 fully saturated rings. The quantitative estimate of drug-likeness (QED) is 0.522. The zero-order valence-corrected chi connectivity index (χ0v) is 21.1. The lowest BCUT2D eigenvalue weighted by Gasteiger charge is -2.37. The SMILES string of the molecule is CCOc1ccc(CN2CCN(c3nc4c(nc3-c3cnn(C)c3)CN(C(C)=O)CC4)CC2)c(F)c1. The number of hydrogen-bond acceptors (Lipinski definition) is 7. The molecule has 36 heavy (non-hydrogen) atoms. The lowest BCUT2D eigenvalue weighted by Crippen LogP contribution is -2.47. The number of hydrogen-bond donors (Lipinski definition) is 0. The Morgan fingerprint density at radius 3 is 2.58 bits per heavy atom. The minimum Gasteiger partial charge on any atom is -0.494 e. The molecule has 2 aliphatic rings. The van der Waals surface area contributed by atoms with E-state index in [4.69, 9.17) is 14.7 Å². The van der Waals surface area contributed by atoms with E-state index in [0.29, 0.717) is 44.0 Å². The Balaban J connectivity index is 1.34. The first-order valence-electron chi connectivity index (χ1n) is 12.4. The van der Waals surface area contributed by atoms with Crippen molar-refractivity contribution in [2.75, 3.05) is 44.2 Å². The highest BCUT2D eigenvalue weighted by molar-refractivity contribution is 5.74. The molecule has 3 aromatic rings. The van der Waals surface area contributed by atoms with Gasteiger partial charge in [-0.2, -0.15) is 5.10 Å². The molecule has 5 rings (SSSR count). The summed E-state index contributed by atoms with van der Waals surface area (Å²) < 4.78 is 21.7. The average molecular weight is 494 g/mol. The maximum atomic E-state index is 14.6. The third-order valence-corrected chi connectivity index (χ3v) is 6.82. The summed E-state index contributed by atoms with van der Waals surface area (Å²) in [6.45, 7) is 8.79. The number of halogens is 1. The van der Waals surface area contributed by atoms with Gasteiger partial charge < -0.3 is 14.5 Å². The fourth-order valence-corrected chi connectivity index (χ4v) is 4.82. The van der Waals surface area contributed by atoms with E-state index < -0.39 is 0 Å². The molecule has 0 unspecified atom stereocenters. The number of anilines is 1. The molecule has 0 spiro atoms. The molecule has 0 atom stereocenters. The fourth-order valence-electron chi connectivity index (χ4n) is 4.82. The van der Waals surface area contributed by atoms with Crippen LogP contribution >= 0.6 is 0 Å². The number of ether oxygens (including phenoxy) is 1. The minimum atomic E-state index is -0.234. The molecule has 1 amide bonds. The Kier molecular flexibility index (Phi) is 6.86. The number of nitrogens with zero attached hydrogens (tertiary/aromatic N) is 7. The zero-order valence-electron chi connectivity index (χ0n) is 21.1. The van der Waals surface area contributed by atoms with Gasteiger partial charge in [0.2, 0.25) is 5.91 Å². The van der Waals surface area contributed by atoms with E-state index >= 15 is 0 Å². The second kappa shape index (κ2) is 10.2. The molecule has 0 saturated carbocycles. The van der Waals surface area contributed by atoms with Gasteiger partial charge in [-0.15, -0.1) is 0 Å². The molecule has 2 aliphatic heterocycles. The third-order valence-electron chi connectivity index (χ3n) is 6.82. The average Bonchev–Trinajstić information content (AvgIpc) is 3.31. The van der Waals surface area contributed by atoms with E-state index in [0.717, 1.165) is 54.6 Å². The molecule has 1 aromatic carbocycles. The molecule has 0 bridgehead atoms. The smallest absolute Gasteiger partial charge is 0.219 e. The first-order chi connectivity index (χ1) is 17.4. The van der Waals surface area contributed by atoms with Crippen molar-refractivity contribution in [3.05, 3.63) is 53.4 Å². The first-order valence-corrected chi connectivity index (χ1v) is 12.4. The molecular formula is C26H32FN7O2. The number of aryl methyl sites for hydroxylation is 1. The maximum absolute atomic E-state index is 14.6. The molecule has 0 aliphatic carbocycles. The second-order valence-electron chi connectivity index (χ2n) is 9.33. The van der Waals surface area contributed by atoms with E-state index in [9.17, 15) is 9.18 Å². The van der Waals surface area contributed by atoms with E-state index in [1.807, 2.05) is 37.2 Å². The van der Waals surface area contributed by atoms with Crippen LogP contribution in [0.25, 0.3) is 11.3 Å². The van der Waals surface area contributed by atoms with Gasteiger partial charge in [-0.3, -0.25) is 14.4 Å². The summed E-state index contributed by atoms with van der Waals surface area (Å²) in [7, 11) is 1.88. The number of fused-ring (bicyclic) bond motifs is 1. The number of rotatable bonds is 6. The highest BCUT2D eigenvalue weighted by Crippen LogP contribution is 2.31. The summed E-state index contributed by atoms with van der Waals surface area (Å²) in [5.74, 6) is 1.23. The third kappa shape index (κ3) is 5.04. The summed E-state index contributed by atoms with van der Waals surface area (Å²) in [5, 5.41) is 4.33. The van der Waals surface area contributed by atoms with E-state index in [1.54, 1.807) is 17.8 Å². The van der Waals surface area contributed by atoms with Crippen molar-refractivity contribution in [2.45, 2.75) is 33.4 Å². The molecule has 190 valence electrons. The van der Waals surface area contributed by atoms with Gasteiger partial charge >= 0.3 is 0 Å². The van der Waals surface area contributed by atoms with Crippen LogP contribution in [0.2, 0.25) is 0 Å². The van der Waals surface area contributed by atoms with Gasteiger partial charge in [-0.25, -0.2) is 14.4 Å². The van der Waals surface area contributed by atoms with Gasteiger partial charge in [-0.05, 0) is 13.0 Å². The van der Waals surface area contributed by atoms with Crippen LogP contribution in [0.5, 0.6) is 5.75 Å². The number of benzene rings is 1. The van der Waals surface area contributed by atoms with Crippen LogP contribution in [-0.4, -0.2) is 74.8 Å². The van der Waals surface area contributed by atoms with Gasteiger partial charge in [0.05, 0.1) is 30.7 Å². The van der Waals surface area contributed by atoms with Crippen molar-refractivity contribution in [3.8, 4) is 17.0 Å². The number of aromatic nitrogens is 4. The molecule has 1 saturated heterocycles. The van der Waals surface area contributed by atoms with E-state index in [-0.39, 0.29) is 11.7 Å². The highest BCUT2D eigenvalue weighted by atomic mass is 19.1. The van der Waals surface area contributed by atoms with Crippen LogP contribution in [0.4, 0.5) is 10.2 Å². The van der Waals surface area contributed by atoms with Crippen molar-refractivity contribution in [1.29, 1.82) is 0 Å². The fraction of sp³-hybridized carbons (Fsp3) is 0.462. The largest absolute Gasteiger partial charge is 0.494 e. The standard InChI is InChI=1S/C26H32FN7O2/c1-4-36-21-6-5-19(22(27)13-21)16-32-9-11-33(12-10-32)26-25(20-14-28-31(3)15-20)29-24-17-34(18(2)35)8-7-23(24)30-26/h5-6,13-15H,4,7-12,16-17H2,1-3H3. The summed E-state index contributed by atoms with van der Waals surface area (Å²) in [6.07, 6.45) is 4.44. The zero-order chi connectivity index (χ0) is 25.2. The van der Waals surface area contributed by atoms with Crippen LogP contribution in [0.15, 0.2) is 30.6 Å². The minimum absolute atomic E-state index is 0.0505. The molecule has 0 radical (unpaired) electrons. The summed E-state index contributed by atoms with van der Waals surface area (Å²) in [5.41, 5.74) is 4.17. The van der Waals surface area contributed by atoms with Crippen molar-refractivity contribution in [3.63, 3.8) is 0 Å². The Morgan fingerprint density at radius 2 is 1.92 bits per heavy atom. The van der Waals surface area contributed by atoms with Gasteiger partial charge in [0.15, 0.2) is 5.82 Å². The molecule has 0 N–H and O–H groups in total. The number of amides is 1. The predicted molar refractivity (Wildman–Crippen MR) is 134 cm³/mol. The first kappa shape index (κ1) is 24.2. The lowest BCUT2D eigenvalue weighted by molar-refractivity contribution is -0.129. The monoisotopic (exact) mass is 493 g/mol. The summed E-state index contributed by atoms with van der Waals surface area (Å²) in [6, 6.07) is 5.10. The Labute approximate surface area is 210 Å². The van der Waals surface area contributed by atoms with Crippen LogP contribution in [0, 0.1) is 5.82 Å².